The molecule has 0 fully saturated rings. The van der Waals surface area contributed by atoms with Gasteiger partial charge in [0.1, 0.15) is 6.04 Å². The smallest absolute Gasteiger partial charge is 0.312 e. The Kier molecular flexibility index (Phi) is 5.21. The van der Waals surface area contributed by atoms with Crippen LogP contribution in [0.2, 0.25) is 0 Å². The van der Waals surface area contributed by atoms with Gasteiger partial charge in [-0.2, -0.15) is 0 Å². The van der Waals surface area contributed by atoms with Gasteiger partial charge in [0.25, 0.3) is 0 Å². The van der Waals surface area contributed by atoms with Crippen molar-refractivity contribution in [2.75, 3.05) is 17.2 Å². The summed E-state index contributed by atoms with van der Waals surface area (Å²) in [6, 6.07) is 4.18. The molecule has 0 radical (unpaired) electrons. The van der Waals surface area contributed by atoms with E-state index in [0.717, 1.165) is 24.1 Å². The zero-order chi connectivity index (χ0) is 14.0. The summed E-state index contributed by atoms with van der Waals surface area (Å²) in [6.45, 7) is 2.24. The van der Waals surface area contributed by atoms with Gasteiger partial charge in [-0.05, 0) is 37.5 Å². The quantitative estimate of drug-likeness (QED) is 0.711. The summed E-state index contributed by atoms with van der Waals surface area (Å²) in [6.07, 6.45) is 1.72. The van der Waals surface area contributed by atoms with Crippen molar-refractivity contribution in [2.24, 2.45) is 5.73 Å². The first-order chi connectivity index (χ1) is 9.00. The molecular formula is C13H19ClN4O2. The number of nitrogens with two attached hydrogens (primary N) is 2. The van der Waals surface area contributed by atoms with E-state index in [1.807, 2.05) is 18.2 Å². The van der Waals surface area contributed by atoms with E-state index in [4.69, 9.17) is 11.5 Å². The third kappa shape index (κ3) is 3.14. The summed E-state index contributed by atoms with van der Waals surface area (Å²) in [5.41, 5.74) is 13.5. The van der Waals surface area contributed by atoms with Crippen LogP contribution in [0.15, 0.2) is 18.2 Å². The molecule has 7 heteroatoms. The van der Waals surface area contributed by atoms with Crippen LogP contribution in [0.1, 0.15) is 18.9 Å². The fourth-order valence-electron chi connectivity index (χ4n) is 2.39. The van der Waals surface area contributed by atoms with Gasteiger partial charge in [0.2, 0.25) is 5.91 Å². The molecule has 1 aliphatic rings. The number of nitrogens with one attached hydrogen (secondary N) is 1. The number of urea groups is 1. The minimum absolute atomic E-state index is 0. The van der Waals surface area contributed by atoms with Gasteiger partial charge >= 0.3 is 6.03 Å². The van der Waals surface area contributed by atoms with Gasteiger partial charge in [-0.25, -0.2) is 4.79 Å². The van der Waals surface area contributed by atoms with Crippen LogP contribution in [0, 0.1) is 0 Å². The number of carbonyl (C=O) groups is 2. The van der Waals surface area contributed by atoms with E-state index >= 15 is 0 Å². The number of nitrogen functional groups attached to an aromatic ring is 1. The number of hydrogen-bond donors (Lipinski definition) is 3. The third-order valence-electron chi connectivity index (χ3n) is 3.28. The van der Waals surface area contributed by atoms with Crippen molar-refractivity contribution in [2.45, 2.75) is 25.8 Å². The van der Waals surface area contributed by atoms with E-state index in [0.29, 0.717) is 12.2 Å². The lowest BCUT2D eigenvalue weighted by Gasteiger charge is -2.32. The molecule has 0 bridgehead atoms. The Morgan fingerprint density at radius 3 is 2.75 bits per heavy atom. The Balaban J connectivity index is 0.00000200. The molecule has 0 aromatic heterocycles. The molecule has 2 rings (SSSR count). The summed E-state index contributed by atoms with van der Waals surface area (Å²) in [7, 11) is 0. The molecule has 3 amide bonds. The number of hydrogen-bond acceptors (Lipinski definition) is 3. The molecule has 1 aromatic carbocycles. The maximum atomic E-state index is 12.3. The van der Waals surface area contributed by atoms with Crippen molar-refractivity contribution >= 4 is 35.7 Å². The van der Waals surface area contributed by atoms with Crippen LogP contribution in [0.25, 0.3) is 0 Å². The van der Waals surface area contributed by atoms with E-state index in [2.05, 4.69) is 5.32 Å². The highest BCUT2D eigenvalue weighted by Gasteiger charge is 2.27. The fraction of sp³-hybridized carbons (Fsp3) is 0.385. The van der Waals surface area contributed by atoms with E-state index in [1.54, 1.807) is 11.8 Å². The second-order valence-electron chi connectivity index (χ2n) is 4.67. The van der Waals surface area contributed by atoms with Crippen molar-refractivity contribution in [1.82, 2.24) is 5.32 Å². The monoisotopic (exact) mass is 298 g/mol. The summed E-state index contributed by atoms with van der Waals surface area (Å²) in [4.78, 5) is 24.8. The Bertz CT molecular complexity index is 521. The normalized spacial score (nSPS) is 14.8. The summed E-state index contributed by atoms with van der Waals surface area (Å²) in [5, 5.41) is 2.40. The van der Waals surface area contributed by atoms with Crippen LogP contribution < -0.4 is 21.7 Å². The number of anilines is 2. The molecule has 20 heavy (non-hydrogen) atoms. The molecule has 1 heterocycles. The molecule has 0 saturated carbocycles. The van der Waals surface area contributed by atoms with Crippen molar-refractivity contribution in [1.29, 1.82) is 0 Å². The molecule has 1 atom stereocenters. The standard InChI is InChI=1S/C13H18N4O2.ClH/c1-8(16-13(15)19)12(18)17-7-3-4-9-10(14)5-2-6-11(9)17;/h2,5-6,8H,3-4,7,14H2,1H3,(H3,15,16,19);1H. The average molecular weight is 299 g/mol. The Hall–Kier alpha value is -1.95. The predicted octanol–water partition coefficient (Wildman–Crippen LogP) is 1.03. The first-order valence-electron chi connectivity index (χ1n) is 6.25. The van der Waals surface area contributed by atoms with Gasteiger partial charge in [0.15, 0.2) is 0 Å². The molecule has 1 unspecified atom stereocenters. The number of carbonyl (C=O) groups excluding carboxylic acids is 2. The number of benzene rings is 1. The summed E-state index contributed by atoms with van der Waals surface area (Å²) in [5.74, 6) is -0.176. The Labute approximate surface area is 123 Å². The van der Waals surface area contributed by atoms with Gasteiger partial charge < -0.3 is 21.7 Å². The molecule has 0 spiro atoms. The average Bonchev–Trinajstić information content (AvgIpc) is 2.37. The SMILES string of the molecule is CC(NC(N)=O)C(=O)N1CCCc2c(N)cccc21.Cl. The zero-order valence-corrected chi connectivity index (χ0v) is 12.1. The number of halogens is 1. The predicted molar refractivity (Wildman–Crippen MR) is 81.0 cm³/mol. The molecular weight excluding hydrogens is 280 g/mol. The number of primary amides is 1. The van der Waals surface area contributed by atoms with Crippen LogP contribution >= 0.6 is 12.4 Å². The molecule has 110 valence electrons. The topological polar surface area (TPSA) is 101 Å². The van der Waals surface area contributed by atoms with Gasteiger partial charge in [0, 0.05) is 17.9 Å². The molecule has 0 saturated heterocycles. The highest BCUT2D eigenvalue weighted by molar-refractivity contribution is 6.00. The minimum Gasteiger partial charge on any atom is -0.398 e. The first kappa shape index (κ1) is 16.1. The van der Waals surface area contributed by atoms with Crippen molar-refractivity contribution in [3.63, 3.8) is 0 Å². The van der Waals surface area contributed by atoms with E-state index < -0.39 is 12.1 Å². The maximum absolute atomic E-state index is 12.3. The van der Waals surface area contributed by atoms with Gasteiger partial charge in [-0.15, -0.1) is 12.4 Å². The van der Waals surface area contributed by atoms with Gasteiger partial charge in [-0.1, -0.05) is 6.07 Å². The summed E-state index contributed by atoms with van der Waals surface area (Å²) < 4.78 is 0. The Morgan fingerprint density at radius 2 is 2.10 bits per heavy atom. The van der Waals surface area contributed by atoms with Crippen molar-refractivity contribution < 1.29 is 9.59 Å². The zero-order valence-electron chi connectivity index (χ0n) is 11.3. The molecule has 0 aliphatic carbocycles. The highest BCUT2D eigenvalue weighted by atomic mass is 35.5. The van der Waals surface area contributed by atoms with Crippen LogP contribution in [-0.4, -0.2) is 24.5 Å². The first-order valence-corrected chi connectivity index (χ1v) is 6.25. The molecule has 1 aliphatic heterocycles. The van der Waals surface area contributed by atoms with Gasteiger partial charge in [0.05, 0.1) is 0 Å². The van der Waals surface area contributed by atoms with Crippen LogP contribution in [0.5, 0.6) is 0 Å². The number of nitrogens with zero attached hydrogens (tertiary/aromatic N) is 1. The van der Waals surface area contributed by atoms with E-state index in [-0.39, 0.29) is 18.3 Å². The fourth-order valence-corrected chi connectivity index (χ4v) is 2.39. The molecule has 6 nitrogen and oxygen atoms in total. The maximum Gasteiger partial charge on any atom is 0.312 e. The lowest BCUT2D eigenvalue weighted by molar-refractivity contribution is -0.120. The largest absolute Gasteiger partial charge is 0.398 e. The molecule has 1 aromatic rings. The third-order valence-corrected chi connectivity index (χ3v) is 3.28. The van der Waals surface area contributed by atoms with E-state index in [1.165, 1.54) is 0 Å². The van der Waals surface area contributed by atoms with Gasteiger partial charge in [-0.3, -0.25) is 4.79 Å². The second-order valence-corrected chi connectivity index (χ2v) is 4.67. The highest BCUT2D eigenvalue weighted by Crippen LogP contribution is 2.31. The lowest BCUT2D eigenvalue weighted by Crippen LogP contribution is -2.50. The van der Waals surface area contributed by atoms with E-state index in [9.17, 15) is 9.59 Å². The lowest BCUT2D eigenvalue weighted by atomic mass is 9.99. The Morgan fingerprint density at radius 1 is 1.40 bits per heavy atom. The minimum atomic E-state index is -0.703. The van der Waals surface area contributed by atoms with Crippen LogP contribution in [-0.2, 0) is 11.2 Å². The van der Waals surface area contributed by atoms with Crippen molar-refractivity contribution in [3.05, 3.63) is 23.8 Å². The number of fused-ring (bicyclic) bond motifs is 1. The molecule has 5 N–H and O–H groups in total. The van der Waals surface area contributed by atoms with Crippen LogP contribution in [0.3, 0.4) is 0 Å². The van der Waals surface area contributed by atoms with Crippen LogP contribution in [0.4, 0.5) is 16.2 Å². The van der Waals surface area contributed by atoms with Crippen molar-refractivity contribution in [3.8, 4) is 0 Å². The second kappa shape index (κ2) is 6.47. The summed E-state index contributed by atoms with van der Waals surface area (Å²) >= 11 is 0. The number of rotatable bonds is 2. The number of amides is 3.